The van der Waals surface area contributed by atoms with Gasteiger partial charge in [0.05, 0.1) is 6.54 Å². The largest absolute Gasteiger partial charge is 0.325 e. The number of anilines is 1. The molecule has 0 saturated carbocycles. The zero-order valence-corrected chi connectivity index (χ0v) is 15.2. The number of rotatable bonds is 5. The van der Waals surface area contributed by atoms with E-state index in [9.17, 15) is 9.59 Å². The molecule has 2 aromatic heterocycles. The Balaban J connectivity index is 1.55. The van der Waals surface area contributed by atoms with Gasteiger partial charge in [0.2, 0.25) is 5.91 Å². The van der Waals surface area contributed by atoms with Crippen LogP contribution < -0.4 is 10.9 Å². The van der Waals surface area contributed by atoms with Gasteiger partial charge in [0.1, 0.15) is 12.9 Å². The number of aromatic nitrogens is 5. The Kier molecular flexibility index (Phi) is 4.67. The standard InChI is InChI=1S/C20H18N6O2/c1-14-6-5-9-16(10-14)22-17(27)12-25-13-21-19-18(20(25)28)23-24-26(19)11-15-7-3-2-4-8-15/h2-10,13H,11-12H2,1H3,(H,22,27). The molecule has 0 atom stereocenters. The summed E-state index contributed by atoms with van der Waals surface area (Å²) in [5, 5.41) is 10.8. The van der Waals surface area contributed by atoms with E-state index in [2.05, 4.69) is 20.6 Å². The smallest absolute Gasteiger partial charge is 0.283 e. The highest BCUT2D eigenvalue weighted by Crippen LogP contribution is 2.10. The minimum atomic E-state index is -0.399. The van der Waals surface area contributed by atoms with Crippen molar-refractivity contribution >= 4 is 22.8 Å². The molecule has 0 spiro atoms. The summed E-state index contributed by atoms with van der Waals surface area (Å²) in [6, 6.07) is 17.2. The lowest BCUT2D eigenvalue weighted by Gasteiger charge is -2.08. The van der Waals surface area contributed by atoms with Crippen molar-refractivity contribution in [1.29, 1.82) is 0 Å². The molecule has 0 fully saturated rings. The third-order valence-corrected chi connectivity index (χ3v) is 4.28. The molecule has 28 heavy (non-hydrogen) atoms. The summed E-state index contributed by atoms with van der Waals surface area (Å²) in [5.74, 6) is -0.314. The molecule has 140 valence electrons. The predicted molar refractivity (Wildman–Crippen MR) is 105 cm³/mol. The first kappa shape index (κ1) is 17.6. The van der Waals surface area contributed by atoms with Crippen molar-refractivity contribution in [3.8, 4) is 0 Å². The van der Waals surface area contributed by atoms with E-state index in [1.165, 1.54) is 10.9 Å². The van der Waals surface area contributed by atoms with Crippen LogP contribution >= 0.6 is 0 Å². The number of nitrogens with zero attached hydrogens (tertiary/aromatic N) is 5. The van der Waals surface area contributed by atoms with Crippen molar-refractivity contribution in [2.45, 2.75) is 20.0 Å². The third-order valence-electron chi connectivity index (χ3n) is 4.28. The lowest BCUT2D eigenvalue weighted by Crippen LogP contribution is -2.28. The topological polar surface area (TPSA) is 94.7 Å². The molecule has 8 heteroatoms. The number of carbonyl (C=O) groups is 1. The normalized spacial score (nSPS) is 10.9. The second-order valence-electron chi connectivity index (χ2n) is 6.50. The van der Waals surface area contributed by atoms with Crippen LogP contribution in [-0.2, 0) is 17.9 Å². The zero-order chi connectivity index (χ0) is 19.5. The molecule has 2 heterocycles. The monoisotopic (exact) mass is 374 g/mol. The molecule has 0 aliphatic rings. The highest BCUT2D eigenvalue weighted by molar-refractivity contribution is 5.90. The van der Waals surface area contributed by atoms with E-state index < -0.39 is 5.56 Å². The van der Waals surface area contributed by atoms with Crippen LogP contribution in [0.2, 0.25) is 0 Å². The van der Waals surface area contributed by atoms with Crippen molar-refractivity contribution in [2.75, 3.05) is 5.32 Å². The fourth-order valence-corrected chi connectivity index (χ4v) is 2.94. The molecule has 1 amide bonds. The van der Waals surface area contributed by atoms with Crippen LogP contribution in [0.5, 0.6) is 0 Å². The second-order valence-corrected chi connectivity index (χ2v) is 6.50. The summed E-state index contributed by atoms with van der Waals surface area (Å²) in [6.07, 6.45) is 1.35. The predicted octanol–water partition coefficient (Wildman–Crippen LogP) is 1.98. The Morgan fingerprint density at radius 2 is 1.93 bits per heavy atom. The van der Waals surface area contributed by atoms with Crippen LogP contribution in [0.3, 0.4) is 0 Å². The molecular weight excluding hydrogens is 356 g/mol. The van der Waals surface area contributed by atoms with E-state index in [1.807, 2.05) is 55.5 Å². The lowest BCUT2D eigenvalue weighted by atomic mass is 10.2. The molecule has 0 aliphatic carbocycles. The van der Waals surface area contributed by atoms with Crippen molar-refractivity contribution < 1.29 is 4.79 Å². The maximum atomic E-state index is 12.7. The Morgan fingerprint density at radius 1 is 1.11 bits per heavy atom. The molecule has 0 bridgehead atoms. The van der Waals surface area contributed by atoms with Gasteiger partial charge in [-0.05, 0) is 30.2 Å². The highest BCUT2D eigenvalue weighted by Gasteiger charge is 2.14. The van der Waals surface area contributed by atoms with Gasteiger partial charge >= 0.3 is 0 Å². The van der Waals surface area contributed by atoms with E-state index in [4.69, 9.17) is 0 Å². The number of aryl methyl sites for hydroxylation is 1. The van der Waals surface area contributed by atoms with Crippen LogP contribution in [-0.4, -0.2) is 30.5 Å². The number of hydrogen-bond donors (Lipinski definition) is 1. The second kappa shape index (κ2) is 7.43. The van der Waals surface area contributed by atoms with Gasteiger partial charge in [-0.25, -0.2) is 9.67 Å². The quantitative estimate of drug-likeness (QED) is 0.576. The van der Waals surface area contributed by atoms with Crippen molar-refractivity contribution in [3.63, 3.8) is 0 Å². The summed E-state index contributed by atoms with van der Waals surface area (Å²) in [4.78, 5) is 29.2. The lowest BCUT2D eigenvalue weighted by molar-refractivity contribution is -0.116. The zero-order valence-electron chi connectivity index (χ0n) is 15.2. The average Bonchev–Trinajstić information content (AvgIpc) is 3.08. The van der Waals surface area contributed by atoms with E-state index in [-0.39, 0.29) is 18.0 Å². The van der Waals surface area contributed by atoms with Crippen molar-refractivity contribution in [1.82, 2.24) is 24.5 Å². The van der Waals surface area contributed by atoms with Gasteiger partial charge in [-0.2, -0.15) is 0 Å². The SMILES string of the molecule is Cc1cccc(NC(=O)Cn2cnc3c(nnn3Cc3ccccc3)c2=O)c1. The average molecular weight is 374 g/mol. The number of amides is 1. The molecule has 0 aliphatic heterocycles. The van der Waals surface area contributed by atoms with Crippen LogP contribution in [0, 0.1) is 6.92 Å². The molecule has 8 nitrogen and oxygen atoms in total. The van der Waals surface area contributed by atoms with Crippen molar-refractivity contribution in [3.05, 3.63) is 82.4 Å². The maximum Gasteiger partial charge on any atom is 0.283 e. The molecule has 1 N–H and O–H groups in total. The van der Waals surface area contributed by atoms with Crippen LogP contribution in [0.4, 0.5) is 5.69 Å². The minimum absolute atomic E-state index is 0.141. The fourth-order valence-electron chi connectivity index (χ4n) is 2.94. The molecule has 0 saturated heterocycles. The van der Waals surface area contributed by atoms with E-state index in [1.54, 1.807) is 10.7 Å². The van der Waals surface area contributed by atoms with Gasteiger partial charge in [-0.1, -0.05) is 47.7 Å². The van der Waals surface area contributed by atoms with Crippen LogP contribution in [0.1, 0.15) is 11.1 Å². The van der Waals surface area contributed by atoms with Gasteiger partial charge in [0, 0.05) is 5.69 Å². The van der Waals surface area contributed by atoms with Gasteiger partial charge in [0.15, 0.2) is 11.2 Å². The third kappa shape index (κ3) is 3.66. The first-order valence-electron chi connectivity index (χ1n) is 8.79. The first-order chi connectivity index (χ1) is 13.6. The van der Waals surface area contributed by atoms with Crippen LogP contribution in [0.15, 0.2) is 65.7 Å². The molecule has 0 radical (unpaired) electrons. The van der Waals surface area contributed by atoms with Crippen molar-refractivity contribution in [2.24, 2.45) is 0 Å². The number of benzene rings is 2. The summed E-state index contributed by atoms with van der Waals surface area (Å²) in [7, 11) is 0. The van der Waals surface area contributed by atoms with Crippen LogP contribution in [0.25, 0.3) is 11.2 Å². The summed E-state index contributed by atoms with van der Waals surface area (Å²) in [6.45, 7) is 2.25. The van der Waals surface area contributed by atoms with Gasteiger partial charge in [-0.15, -0.1) is 5.10 Å². The summed E-state index contributed by atoms with van der Waals surface area (Å²) < 4.78 is 2.80. The van der Waals surface area contributed by atoms with E-state index in [0.29, 0.717) is 17.9 Å². The summed E-state index contributed by atoms with van der Waals surface area (Å²) >= 11 is 0. The van der Waals surface area contributed by atoms with Gasteiger partial charge < -0.3 is 5.32 Å². The Hall–Kier alpha value is -3.81. The van der Waals surface area contributed by atoms with E-state index in [0.717, 1.165) is 11.1 Å². The number of fused-ring (bicyclic) bond motifs is 1. The molecule has 0 unspecified atom stereocenters. The molecule has 2 aromatic carbocycles. The Bertz CT molecular complexity index is 1200. The highest BCUT2D eigenvalue weighted by atomic mass is 16.2. The molecular formula is C20H18N6O2. The number of hydrogen-bond acceptors (Lipinski definition) is 5. The molecule has 4 rings (SSSR count). The number of carbonyl (C=O) groups excluding carboxylic acids is 1. The summed E-state index contributed by atoms with van der Waals surface area (Å²) in [5.41, 5.74) is 2.88. The van der Waals surface area contributed by atoms with Gasteiger partial charge in [0.25, 0.3) is 5.56 Å². The Labute approximate surface area is 160 Å². The van der Waals surface area contributed by atoms with Gasteiger partial charge in [-0.3, -0.25) is 14.2 Å². The minimum Gasteiger partial charge on any atom is -0.325 e. The molecule has 4 aromatic rings. The first-order valence-corrected chi connectivity index (χ1v) is 8.79. The van der Waals surface area contributed by atoms with E-state index >= 15 is 0 Å². The fraction of sp³-hybridized carbons (Fsp3) is 0.150. The number of nitrogens with one attached hydrogen (secondary N) is 1. The Morgan fingerprint density at radius 3 is 2.71 bits per heavy atom. The maximum absolute atomic E-state index is 12.7.